The number of nitrogens with zero attached hydrogens (tertiary/aromatic N) is 2. The first-order valence-corrected chi connectivity index (χ1v) is 6.87. The zero-order chi connectivity index (χ0) is 12.3. The predicted molar refractivity (Wildman–Crippen MR) is 70.4 cm³/mol. The number of hydrogen-bond donors (Lipinski definition) is 1. The van der Waals surface area contributed by atoms with Gasteiger partial charge in [0.2, 0.25) is 5.91 Å². The summed E-state index contributed by atoms with van der Waals surface area (Å²) in [5, 5.41) is 8.34. The van der Waals surface area contributed by atoms with Gasteiger partial charge in [-0.15, -0.1) is 22.7 Å². The molecule has 1 N–H and O–H groups in total. The Labute approximate surface area is 108 Å². The largest absolute Gasteiger partial charge is 0.302 e. The average Bonchev–Trinajstić information content (AvgIpc) is 2.84. The molecule has 0 aliphatic carbocycles. The van der Waals surface area contributed by atoms with Crippen LogP contribution in [0.15, 0.2) is 10.8 Å². The Bertz CT molecular complexity index is 518. The molecule has 0 saturated heterocycles. The van der Waals surface area contributed by atoms with Gasteiger partial charge >= 0.3 is 0 Å². The van der Waals surface area contributed by atoms with E-state index in [9.17, 15) is 4.79 Å². The van der Waals surface area contributed by atoms with Gasteiger partial charge in [-0.3, -0.25) is 4.79 Å². The third-order valence-corrected chi connectivity index (χ3v) is 3.59. The summed E-state index contributed by atoms with van der Waals surface area (Å²) in [6.45, 7) is 3.47. The number of carbonyl (C=O) groups is 1. The fourth-order valence-corrected chi connectivity index (χ4v) is 2.67. The Morgan fingerprint density at radius 1 is 1.41 bits per heavy atom. The Kier molecular flexibility index (Phi) is 3.86. The summed E-state index contributed by atoms with van der Waals surface area (Å²) in [6, 6.07) is 0. The molecule has 0 fully saturated rings. The molecule has 2 rings (SSSR count). The average molecular weight is 266 g/mol. The molecule has 2 heterocycles. The highest BCUT2D eigenvalue weighted by atomic mass is 32.1. The standard InChI is InChI=1S/C11H12N3OS2/c1-7(15)12-11-14-10(6-17-11)4-3-9-5-16-8(2)13-9/h4-6H,3H2,1-2H3,(H,12,14,15). The number of carbonyl (C=O) groups excluding carboxylic acids is 1. The molecule has 0 saturated carbocycles. The van der Waals surface area contributed by atoms with E-state index in [0.717, 1.165) is 22.8 Å². The molecule has 17 heavy (non-hydrogen) atoms. The second kappa shape index (κ2) is 5.37. The molecule has 89 valence electrons. The number of amides is 1. The number of thiazole rings is 2. The molecule has 0 atom stereocenters. The van der Waals surface area contributed by atoms with Gasteiger partial charge in [0.25, 0.3) is 0 Å². The number of aromatic nitrogens is 2. The van der Waals surface area contributed by atoms with Crippen LogP contribution in [0.1, 0.15) is 23.3 Å². The van der Waals surface area contributed by atoms with Gasteiger partial charge in [-0.25, -0.2) is 9.97 Å². The van der Waals surface area contributed by atoms with Gasteiger partial charge < -0.3 is 5.32 Å². The normalized spacial score (nSPS) is 10.5. The van der Waals surface area contributed by atoms with Crippen molar-refractivity contribution in [3.8, 4) is 0 Å². The van der Waals surface area contributed by atoms with Crippen LogP contribution in [0.25, 0.3) is 0 Å². The van der Waals surface area contributed by atoms with E-state index in [-0.39, 0.29) is 5.91 Å². The Morgan fingerprint density at radius 3 is 2.88 bits per heavy atom. The molecule has 0 spiro atoms. The smallest absolute Gasteiger partial charge is 0.223 e. The third kappa shape index (κ3) is 3.61. The van der Waals surface area contributed by atoms with Crippen molar-refractivity contribution in [2.45, 2.75) is 20.3 Å². The third-order valence-electron chi connectivity index (χ3n) is 1.99. The lowest BCUT2D eigenvalue weighted by molar-refractivity contribution is -0.114. The van der Waals surface area contributed by atoms with Crippen molar-refractivity contribution >= 4 is 33.7 Å². The van der Waals surface area contributed by atoms with Crippen LogP contribution < -0.4 is 5.32 Å². The zero-order valence-corrected chi connectivity index (χ0v) is 11.2. The highest BCUT2D eigenvalue weighted by molar-refractivity contribution is 7.14. The molecule has 2 aromatic heterocycles. The fourth-order valence-electron chi connectivity index (χ4n) is 1.30. The monoisotopic (exact) mass is 266 g/mol. The molecule has 4 nitrogen and oxygen atoms in total. The van der Waals surface area contributed by atoms with Crippen molar-refractivity contribution in [2.24, 2.45) is 0 Å². The summed E-state index contributed by atoms with van der Waals surface area (Å²) in [7, 11) is 0. The predicted octanol–water partition coefficient (Wildman–Crippen LogP) is 2.66. The molecule has 1 radical (unpaired) electrons. The van der Waals surface area contributed by atoms with E-state index < -0.39 is 0 Å². The maximum Gasteiger partial charge on any atom is 0.223 e. The van der Waals surface area contributed by atoms with Crippen LogP contribution in [0.3, 0.4) is 0 Å². The van der Waals surface area contributed by atoms with Crippen molar-refractivity contribution in [3.05, 3.63) is 33.6 Å². The van der Waals surface area contributed by atoms with Crippen LogP contribution in [0, 0.1) is 13.3 Å². The minimum atomic E-state index is -0.0963. The van der Waals surface area contributed by atoms with Gasteiger partial charge in [0.15, 0.2) is 5.13 Å². The number of nitrogens with one attached hydrogen (secondary N) is 1. The Hall–Kier alpha value is -1.27. The summed E-state index contributed by atoms with van der Waals surface area (Å²) in [5.74, 6) is -0.0963. The maximum absolute atomic E-state index is 10.8. The molecule has 0 aromatic carbocycles. The van der Waals surface area contributed by atoms with Crippen LogP contribution in [0.5, 0.6) is 0 Å². The Balaban J connectivity index is 1.91. The lowest BCUT2D eigenvalue weighted by Gasteiger charge is -1.94. The fraction of sp³-hybridized carbons (Fsp3) is 0.273. The van der Waals surface area contributed by atoms with Crippen LogP contribution in [0.4, 0.5) is 5.13 Å². The number of hydrogen-bond acceptors (Lipinski definition) is 5. The first-order chi connectivity index (χ1) is 8.13. The lowest BCUT2D eigenvalue weighted by Crippen LogP contribution is -2.05. The summed E-state index contributed by atoms with van der Waals surface area (Å²) in [4.78, 5) is 19.5. The minimum absolute atomic E-state index is 0.0963. The second-order valence-electron chi connectivity index (χ2n) is 3.52. The molecule has 0 aliphatic heterocycles. The van der Waals surface area contributed by atoms with Gasteiger partial charge in [0.1, 0.15) is 0 Å². The minimum Gasteiger partial charge on any atom is -0.302 e. The van der Waals surface area contributed by atoms with Crippen molar-refractivity contribution in [3.63, 3.8) is 0 Å². The van der Waals surface area contributed by atoms with E-state index in [4.69, 9.17) is 0 Å². The van der Waals surface area contributed by atoms with Crippen LogP contribution in [0.2, 0.25) is 0 Å². The molecular weight excluding hydrogens is 254 g/mol. The van der Waals surface area contributed by atoms with Gasteiger partial charge in [0, 0.05) is 24.1 Å². The summed E-state index contributed by atoms with van der Waals surface area (Å²) in [5.41, 5.74) is 1.94. The first kappa shape index (κ1) is 12.2. The molecule has 2 aromatic rings. The molecule has 0 unspecified atom stereocenters. The van der Waals surface area contributed by atoms with Gasteiger partial charge in [-0.1, -0.05) is 0 Å². The molecule has 1 amide bonds. The summed E-state index contributed by atoms with van der Waals surface area (Å²) >= 11 is 3.07. The highest BCUT2D eigenvalue weighted by Crippen LogP contribution is 2.18. The second-order valence-corrected chi connectivity index (χ2v) is 5.45. The lowest BCUT2D eigenvalue weighted by atomic mass is 10.2. The van der Waals surface area contributed by atoms with E-state index in [1.54, 1.807) is 11.3 Å². The van der Waals surface area contributed by atoms with Crippen molar-refractivity contribution < 1.29 is 4.79 Å². The zero-order valence-electron chi connectivity index (χ0n) is 9.56. The summed E-state index contributed by atoms with van der Waals surface area (Å²) < 4.78 is 0. The van der Waals surface area contributed by atoms with Crippen molar-refractivity contribution in [1.82, 2.24) is 9.97 Å². The van der Waals surface area contributed by atoms with E-state index in [0.29, 0.717) is 5.13 Å². The topological polar surface area (TPSA) is 54.9 Å². The number of aryl methyl sites for hydroxylation is 1. The van der Waals surface area contributed by atoms with E-state index >= 15 is 0 Å². The van der Waals surface area contributed by atoms with E-state index in [1.807, 2.05) is 24.1 Å². The SMILES string of the molecule is CC(=O)Nc1nc([CH]Cc2csc(C)n2)cs1. The first-order valence-electron chi connectivity index (χ1n) is 5.11. The van der Waals surface area contributed by atoms with Crippen molar-refractivity contribution in [1.29, 1.82) is 0 Å². The molecule has 0 aliphatic rings. The van der Waals surface area contributed by atoms with Crippen LogP contribution in [-0.4, -0.2) is 15.9 Å². The highest BCUT2D eigenvalue weighted by Gasteiger charge is 2.05. The van der Waals surface area contributed by atoms with Crippen molar-refractivity contribution in [2.75, 3.05) is 5.32 Å². The Morgan fingerprint density at radius 2 is 2.24 bits per heavy atom. The van der Waals surface area contributed by atoms with Crippen LogP contribution in [-0.2, 0) is 11.2 Å². The molecular formula is C11H12N3OS2. The number of anilines is 1. The maximum atomic E-state index is 10.8. The van der Waals surface area contributed by atoms with E-state index in [1.165, 1.54) is 18.3 Å². The van der Waals surface area contributed by atoms with E-state index in [2.05, 4.69) is 15.3 Å². The van der Waals surface area contributed by atoms with Crippen LogP contribution >= 0.6 is 22.7 Å². The molecule has 6 heteroatoms. The summed E-state index contributed by atoms with van der Waals surface area (Å²) in [6.07, 6.45) is 2.78. The van der Waals surface area contributed by atoms with Gasteiger partial charge in [-0.2, -0.15) is 0 Å². The van der Waals surface area contributed by atoms with Gasteiger partial charge in [0.05, 0.1) is 16.4 Å². The van der Waals surface area contributed by atoms with Gasteiger partial charge in [-0.05, 0) is 13.3 Å². The molecule has 0 bridgehead atoms. The number of rotatable bonds is 4. The quantitative estimate of drug-likeness (QED) is 0.925.